The predicted molar refractivity (Wildman–Crippen MR) is 102 cm³/mol. The molecule has 1 aromatic carbocycles. The van der Waals surface area contributed by atoms with E-state index in [4.69, 9.17) is 4.18 Å². The largest absolute Gasteiger partial charge is 0.303 e. The molecule has 0 saturated carbocycles. The predicted octanol–water partition coefficient (Wildman–Crippen LogP) is 4.38. The molecular weight excluding hydrogens is 334 g/mol. The van der Waals surface area contributed by atoms with Crippen LogP contribution in [0.25, 0.3) is 0 Å². The van der Waals surface area contributed by atoms with Crippen LogP contribution in [0.3, 0.4) is 0 Å². The van der Waals surface area contributed by atoms with Crippen molar-refractivity contribution in [2.45, 2.75) is 63.7 Å². The molecule has 0 spiro atoms. The molecule has 0 bridgehead atoms. The van der Waals surface area contributed by atoms with Crippen molar-refractivity contribution in [1.82, 2.24) is 4.90 Å². The number of nitrogens with zero attached hydrogens (tertiary/aromatic N) is 1. The molecule has 0 radical (unpaired) electrons. The maximum atomic E-state index is 12.2. The molecule has 1 heterocycles. The molecule has 0 aliphatic carbocycles. The lowest BCUT2D eigenvalue weighted by atomic mass is 9.99. The highest BCUT2D eigenvalue weighted by atomic mass is 32.2. The molecule has 0 N–H and O–H groups in total. The van der Waals surface area contributed by atoms with E-state index in [0.717, 1.165) is 37.5 Å². The molecule has 2 rings (SSSR count). The fourth-order valence-electron chi connectivity index (χ4n) is 3.41. The third kappa shape index (κ3) is 7.47. The van der Waals surface area contributed by atoms with E-state index in [2.05, 4.69) is 11.8 Å². The van der Waals surface area contributed by atoms with Gasteiger partial charge in [-0.15, -0.1) is 0 Å². The summed E-state index contributed by atoms with van der Waals surface area (Å²) in [7, 11) is -3.63. The molecule has 1 fully saturated rings. The summed E-state index contributed by atoms with van der Waals surface area (Å²) in [6.45, 7) is 7.66. The Bertz CT molecular complexity index is 598. The molecule has 1 aliphatic heterocycles. The van der Waals surface area contributed by atoms with E-state index >= 15 is 0 Å². The first kappa shape index (κ1) is 20.4. The van der Waals surface area contributed by atoms with Crippen LogP contribution in [0.15, 0.2) is 29.2 Å². The van der Waals surface area contributed by atoms with Gasteiger partial charge in [0.2, 0.25) is 0 Å². The summed E-state index contributed by atoms with van der Waals surface area (Å²) in [5, 5.41) is 0. The van der Waals surface area contributed by atoms with E-state index in [9.17, 15) is 8.42 Å². The highest BCUT2D eigenvalue weighted by Crippen LogP contribution is 2.17. The van der Waals surface area contributed by atoms with Gasteiger partial charge >= 0.3 is 0 Å². The second-order valence-electron chi connectivity index (χ2n) is 7.40. The van der Waals surface area contributed by atoms with Crippen molar-refractivity contribution in [2.75, 3.05) is 26.2 Å². The van der Waals surface area contributed by atoms with Crippen LogP contribution in [0.4, 0.5) is 0 Å². The Hall–Kier alpha value is -0.910. The summed E-state index contributed by atoms with van der Waals surface area (Å²) in [6, 6.07) is 6.81. The summed E-state index contributed by atoms with van der Waals surface area (Å²) >= 11 is 0. The summed E-state index contributed by atoms with van der Waals surface area (Å²) in [5.74, 6) is 0.718. The Morgan fingerprint density at radius 1 is 1.08 bits per heavy atom. The van der Waals surface area contributed by atoms with Gasteiger partial charge in [0, 0.05) is 13.1 Å². The van der Waals surface area contributed by atoms with Crippen LogP contribution in [0.5, 0.6) is 0 Å². The molecule has 5 heteroatoms. The van der Waals surface area contributed by atoms with Crippen molar-refractivity contribution in [3.8, 4) is 0 Å². The number of benzene rings is 1. The summed E-state index contributed by atoms with van der Waals surface area (Å²) < 4.78 is 29.6. The fraction of sp³-hybridized carbons (Fsp3) is 0.700. The van der Waals surface area contributed by atoms with Gasteiger partial charge in [0.05, 0.1) is 11.5 Å². The van der Waals surface area contributed by atoms with Gasteiger partial charge in [-0.25, -0.2) is 0 Å². The zero-order valence-electron chi connectivity index (χ0n) is 15.7. The Balaban J connectivity index is 1.77. The van der Waals surface area contributed by atoms with Gasteiger partial charge < -0.3 is 4.90 Å². The van der Waals surface area contributed by atoms with E-state index in [0.29, 0.717) is 0 Å². The standard InChI is InChI=1S/C20H33NO3S/c1-18-10-12-20(13-11-18)25(22,23)24-16-8-15-21-14-7-5-3-4-6-9-19(2)17-21/h10-13,19H,3-9,14-17H2,1-2H3/t19-/m0/s1. The smallest absolute Gasteiger partial charge is 0.296 e. The fourth-order valence-corrected chi connectivity index (χ4v) is 4.36. The topological polar surface area (TPSA) is 46.6 Å². The zero-order chi connectivity index (χ0) is 18.1. The number of rotatable bonds is 6. The minimum absolute atomic E-state index is 0.241. The lowest BCUT2D eigenvalue weighted by Crippen LogP contribution is -2.32. The number of aryl methyl sites for hydroxylation is 1. The van der Waals surface area contributed by atoms with Gasteiger partial charge in [-0.3, -0.25) is 4.18 Å². The molecule has 1 aromatic rings. The van der Waals surface area contributed by atoms with Gasteiger partial charge in [0.15, 0.2) is 0 Å². The second kappa shape index (κ2) is 10.3. The minimum atomic E-state index is -3.63. The Morgan fingerprint density at radius 3 is 2.52 bits per heavy atom. The molecule has 1 aliphatic rings. The normalized spacial score (nSPS) is 21.1. The third-order valence-corrected chi connectivity index (χ3v) is 6.23. The van der Waals surface area contributed by atoms with Crippen molar-refractivity contribution >= 4 is 10.1 Å². The molecule has 0 amide bonds. The molecule has 142 valence electrons. The minimum Gasteiger partial charge on any atom is -0.303 e. The molecule has 0 unspecified atom stereocenters. The molecule has 0 aromatic heterocycles. The number of hydrogen-bond donors (Lipinski definition) is 0. The first-order chi connectivity index (χ1) is 12.0. The summed E-state index contributed by atoms with van der Waals surface area (Å²) in [4.78, 5) is 2.73. The Labute approximate surface area is 153 Å². The monoisotopic (exact) mass is 367 g/mol. The lowest BCUT2D eigenvalue weighted by Gasteiger charge is -2.26. The van der Waals surface area contributed by atoms with Crippen LogP contribution in [-0.4, -0.2) is 39.6 Å². The summed E-state index contributed by atoms with van der Waals surface area (Å²) in [6.07, 6.45) is 8.66. The molecule has 1 saturated heterocycles. The van der Waals surface area contributed by atoms with Crippen molar-refractivity contribution in [3.05, 3.63) is 29.8 Å². The van der Waals surface area contributed by atoms with Crippen LogP contribution < -0.4 is 0 Å². The quantitative estimate of drug-likeness (QED) is 0.553. The highest BCUT2D eigenvalue weighted by molar-refractivity contribution is 7.86. The van der Waals surface area contributed by atoms with Crippen LogP contribution in [-0.2, 0) is 14.3 Å². The van der Waals surface area contributed by atoms with Crippen molar-refractivity contribution < 1.29 is 12.6 Å². The van der Waals surface area contributed by atoms with E-state index < -0.39 is 10.1 Å². The van der Waals surface area contributed by atoms with Crippen molar-refractivity contribution in [2.24, 2.45) is 5.92 Å². The molecule has 1 atom stereocenters. The van der Waals surface area contributed by atoms with Crippen LogP contribution in [0.1, 0.15) is 57.4 Å². The van der Waals surface area contributed by atoms with Gasteiger partial charge in [-0.1, -0.05) is 50.3 Å². The van der Waals surface area contributed by atoms with Crippen molar-refractivity contribution in [1.29, 1.82) is 0 Å². The lowest BCUT2D eigenvalue weighted by molar-refractivity contribution is 0.200. The van der Waals surface area contributed by atoms with E-state index in [1.165, 1.54) is 38.5 Å². The summed E-state index contributed by atoms with van der Waals surface area (Å²) in [5.41, 5.74) is 1.04. The van der Waals surface area contributed by atoms with Crippen LogP contribution >= 0.6 is 0 Å². The highest BCUT2D eigenvalue weighted by Gasteiger charge is 2.16. The van der Waals surface area contributed by atoms with Gasteiger partial charge in [0.25, 0.3) is 10.1 Å². The zero-order valence-corrected chi connectivity index (χ0v) is 16.6. The molecule has 4 nitrogen and oxygen atoms in total. The maximum absolute atomic E-state index is 12.2. The Kier molecular flexibility index (Phi) is 8.40. The van der Waals surface area contributed by atoms with E-state index in [-0.39, 0.29) is 11.5 Å². The van der Waals surface area contributed by atoms with Gasteiger partial charge in [-0.2, -0.15) is 8.42 Å². The SMILES string of the molecule is Cc1ccc(S(=O)(=O)OCCCN2CCCCCCC[C@H](C)C2)cc1. The second-order valence-corrected chi connectivity index (χ2v) is 9.02. The third-order valence-electron chi connectivity index (χ3n) is 4.91. The molecule has 25 heavy (non-hydrogen) atoms. The number of hydrogen-bond acceptors (Lipinski definition) is 4. The van der Waals surface area contributed by atoms with E-state index in [1.54, 1.807) is 24.3 Å². The first-order valence-electron chi connectivity index (χ1n) is 9.66. The average molecular weight is 368 g/mol. The van der Waals surface area contributed by atoms with Crippen molar-refractivity contribution in [3.63, 3.8) is 0 Å². The maximum Gasteiger partial charge on any atom is 0.296 e. The molecular formula is C20H33NO3S. The van der Waals surface area contributed by atoms with Gasteiger partial charge in [-0.05, 0) is 50.8 Å². The Morgan fingerprint density at radius 2 is 1.76 bits per heavy atom. The van der Waals surface area contributed by atoms with Crippen LogP contribution in [0.2, 0.25) is 0 Å². The van der Waals surface area contributed by atoms with E-state index in [1.807, 2.05) is 6.92 Å². The average Bonchev–Trinajstić information content (AvgIpc) is 2.58. The van der Waals surface area contributed by atoms with Gasteiger partial charge in [0.1, 0.15) is 0 Å². The first-order valence-corrected chi connectivity index (χ1v) is 11.1. The van der Waals surface area contributed by atoms with Crippen LogP contribution in [0, 0.1) is 12.8 Å².